The van der Waals surface area contributed by atoms with Crippen molar-refractivity contribution in [2.75, 3.05) is 13.2 Å². The number of benzene rings is 1. The molecule has 1 saturated carbocycles. The van der Waals surface area contributed by atoms with Crippen LogP contribution < -0.4 is 0 Å². The Labute approximate surface area is 130 Å². The van der Waals surface area contributed by atoms with Crippen LogP contribution >= 0.6 is 11.3 Å². The predicted octanol–water partition coefficient (Wildman–Crippen LogP) is 2.69. The fourth-order valence-corrected chi connectivity index (χ4v) is 3.02. The highest BCUT2D eigenvalue weighted by Gasteiger charge is 2.33. The summed E-state index contributed by atoms with van der Waals surface area (Å²) in [5, 5.41) is 11.1. The zero-order valence-electron chi connectivity index (χ0n) is 11.6. The van der Waals surface area contributed by atoms with Crippen LogP contribution in [0.1, 0.15) is 23.3 Å². The molecule has 0 aliphatic heterocycles. The van der Waals surface area contributed by atoms with Gasteiger partial charge in [0.05, 0.1) is 6.61 Å². The van der Waals surface area contributed by atoms with Crippen molar-refractivity contribution in [3.63, 3.8) is 0 Å². The molecule has 3 rings (SSSR count). The van der Waals surface area contributed by atoms with Gasteiger partial charge in [0.15, 0.2) is 11.6 Å². The molecule has 0 radical (unpaired) electrons. The Morgan fingerprint density at radius 1 is 1.36 bits per heavy atom. The average molecular weight is 324 g/mol. The maximum absolute atomic E-state index is 13.3. The summed E-state index contributed by atoms with van der Waals surface area (Å²) < 4.78 is 26.2. The summed E-state index contributed by atoms with van der Waals surface area (Å²) >= 11 is 1.20. The van der Waals surface area contributed by atoms with Crippen LogP contribution in [-0.4, -0.2) is 40.1 Å². The van der Waals surface area contributed by atoms with Gasteiger partial charge in [0, 0.05) is 23.5 Å². The molecule has 1 aromatic heterocycles. The van der Waals surface area contributed by atoms with E-state index in [1.807, 2.05) is 0 Å². The molecule has 1 heterocycles. The predicted molar refractivity (Wildman–Crippen MR) is 78.6 cm³/mol. The number of thiazole rings is 1. The number of carbonyl (C=O) groups excluding carboxylic acids is 1. The number of hydrogen-bond donors (Lipinski definition) is 1. The van der Waals surface area contributed by atoms with E-state index in [-0.39, 0.29) is 30.8 Å². The lowest BCUT2D eigenvalue weighted by Crippen LogP contribution is -2.35. The van der Waals surface area contributed by atoms with Crippen molar-refractivity contribution in [2.45, 2.75) is 18.9 Å². The first-order valence-electron chi connectivity index (χ1n) is 6.93. The van der Waals surface area contributed by atoms with Crippen LogP contribution in [0.5, 0.6) is 0 Å². The van der Waals surface area contributed by atoms with Crippen LogP contribution in [-0.2, 0) is 0 Å². The van der Waals surface area contributed by atoms with Gasteiger partial charge >= 0.3 is 0 Å². The van der Waals surface area contributed by atoms with Crippen molar-refractivity contribution in [3.05, 3.63) is 40.9 Å². The minimum Gasteiger partial charge on any atom is -0.395 e. The molecule has 0 spiro atoms. The van der Waals surface area contributed by atoms with Gasteiger partial charge in [-0.1, -0.05) is 0 Å². The molecule has 2 aromatic rings. The SMILES string of the molecule is O=C(c1csc(-c2ccc(F)c(F)c2)n1)N(CCO)C1CC1. The van der Waals surface area contributed by atoms with E-state index in [2.05, 4.69) is 4.98 Å². The minimum absolute atomic E-state index is 0.0948. The lowest BCUT2D eigenvalue weighted by molar-refractivity contribution is 0.0702. The minimum atomic E-state index is -0.944. The molecule has 0 saturated heterocycles. The molecule has 0 bridgehead atoms. The van der Waals surface area contributed by atoms with Crippen molar-refractivity contribution in [3.8, 4) is 10.6 Å². The van der Waals surface area contributed by atoms with Crippen LogP contribution in [0.2, 0.25) is 0 Å². The Balaban J connectivity index is 1.83. The fourth-order valence-electron chi connectivity index (χ4n) is 2.22. The Kier molecular flexibility index (Phi) is 4.17. The Morgan fingerprint density at radius 3 is 2.77 bits per heavy atom. The van der Waals surface area contributed by atoms with Crippen molar-refractivity contribution in [2.24, 2.45) is 0 Å². The molecule has 116 valence electrons. The van der Waals surface area contributed by atoms with Crippen molar-refractivity contribution in [1.29, 1.82) is 0 Å². The zero-order valence-corrected chi connectivity index (χ0v) is 12.4. The third-order valence-electron chi connectivity index (χ3n) is 3.48. The maximum atomic E-state index is 13.3. The van der Waals surface area contributed by atoms with Crippen molar-refractivity contribution in [1.82, 2.24) is 9.88 Å². The summed E-state index contributed by atoms with van der Waals surface area (Å²) in [4.78, 5) is 18.2. The first-order valence-corrected chi connectivity index (χ1v) is 7.81. The van der Waals surface area contributed by atoms with Crippen molar-refractivity contribution >= 4 is 17.2 Å². The average Bonchev–Trinajstić information content (AvgIpc) is 3.23. The van der Waals surface area contributed by atoms with E-state index in [0.717, 1.165) is 25.0 Å². The smallest absolute Gasteiger partial charge is 0.273 e. The quantitative estimate of drug-likeness (QED) is 0.920. The molecular weight excluding hydrogens is 310 g/mol. The third kappa shape index (κ3) is 3.00. The van der Waals surface area contributed by atoms with Crippen LogP contribution in [0, 0.1) is 11.6 Å². The van der Waals surface area contributed by atoms with Gasteiger partial charge in [0.1, 0.15) is 10.7 Å². The summed E-state index contributed by atoms with van der Waals surface area (Å²) in [6.07, 6.45) is 1.87. The number of halogens is 2. The maximum Gasteiger partial charge on any atom is 0.273 e. The second-order valence-electron chi connectivity index (χ2n) is 5.12. The molecule has 0 atom stereocenters. The number of hydrogen-bond acceptors (Lipinski definition) is 4. The molecule has 0 unspecified atom stereocenters. The molecule has 4 nitrogen and oxygen atoms in total. The number of nitrogens with zero attached hydrogens (tertiary/aromatic N) is 2. The standard InChI is InChI=1S/C15H14F2N2O2S/c16-11-4-1-9(7-12(11)17)14-18-13(8-22-14)15(21)19(5-6-20)10-2-3-10/h1,4,7-8,10,20H,2-3,5-6H2. The van der Waals surface area contributed by atoms with Crippen LogP contribution in [0.15, 0.2) is 23.6 Å². The van der Waals surface area contributed by atoms with E-state index < -0.39 is 11.6 Å². The molecule has 1 aliphatic rings. The fraction of sp³-hybridized carbons (Fsp3) is 0.333. The largest absolute Gasteiger partial charge is 0.395 e. The third-order valence-corrected chi connectivity index (χ3v) is 4.37. The normalized spacial score (nSPS) is 14.1. The molecule has 1 aromatic carbocycles. The van der Waals surface area contributed by atoms with Crippen LogP contribution in [0.3, 0.4) is 0 Å². The van der Waals surface area contributed by atoms with Gasteiger partial charge < -0.3 is 10.0 Å². The van der Waals surface area contributed by atoms with Crippen LogP contribution in [0.4, 0.5) is 8.78 Å². The molecule has 22 heavy (non-hydrogen) atoms. The second-order valence-corrected chi connectivity index (χ2v) is 5.98. The van der Waals surface area contributed by atoms with Gasteiger partial charge in [0.25, 0.3) is 5.91 Å². The van der Waals surface area contributed by atoms with Gasteiger partial charge in [-0.15, -0.1) is 11.3 Å². The number of aliphatic hydroxyl groups excluding tert-OH is 1. The highest BCUT2D eigenvalue weighted by atomic mass is 32.1. The molecule has 1 aliphatic carbocycles. The van der Waals surface area contributed by atoms with Crippen LogP contribution in [0.25, 0.3) is 10.6 Å². The van der Waals surface area contributed by atoms with E-state index in [1.54, 1.807) is 10.3 Å². The lowest BCUT2D eigenvalue weighted by atomic mass is 10.2. The van der Waals surface area contributed by atoms with Crippen molar-refractivity contribution < 1.29 is 18.7 Å². The van der Waals surface area contributed by atoms with Gasteiger partial charge in [0.2, 0.25) is 0 Å². The first-order chi connectivity index (χ1) is 10.6. The Bertz CT molecular complexity index is 701. The second kappa shape index (κ2) is 6.10. The molecular formula is C15H14F2N2O2S. The highest BCUT2D eigenvalue weighted by molar-refractivity contribution is 7.13. The number of aliphatic hydroxyl groups is 1. The molecule has 1 fully saturated rings. The van der Waals surface area contributed by atoms with E-state index in [4.69, 9.17) is 5.11 Å². The number of aromatic nitrogens is 1. The summed E-state index contributed by atoms with van der Waals surface area (Å²) in [6, 6.07) is 3.70. The van der Waals surface area contributed by atoms with E-state index in [1.165, 1.54) is 17.4 Å². The first kappa shape index (κ1) is 15.1. The summed E-state index contributed by atoms with van der Waals surface area (Å²) in [5.74, 6) is -2.10. The van der Waals surface area contributed by atoms with Gasteiger partial charge in [-0.2, -0.15) is 0 Å². The van der Waals surface area contributed by atoms with Gasteiger partial charge in [-0.05, 0) is 31.0 Å². The van der Waals surface area contributed by atoms with E-state index >= 15 is 0 Å². The Hall–Kier alpha value is -1.86. The zero-order chi connectivity index (χ0) is 15.7. The molecule has 1 N–H and O–H groups in total. The summed E-state index contributed by atoms with van der Waals surface area (Å²) in [5.41, 5.74) is 0.702. The molecule has 7 heteroatoms. The number of carbonyl (C=O) groups is 1. The topological polar surface area (TPSA) is 53.4 Å². The Morgan fingerprint density at radius 2 is 2.14 bits per heavy atom. The van der Waals surface area contributed by atoms with Gasteiger partial charge in [-0.3, -0.25) is 4.79 Å². The summed E-state index contributed by atoms with van der Waals surface area (Å²) in [7, 11) is 0. The number of rotatable bonds is 5. The van der Waals surface area contributed by atoms with E-state index in [9.17, 15) is 13.6 Å². The van der Waals surface area contributed by atoms with Gasteiger partial charge in [-0.25, -0.2) is 13.8 Å². The van der Waals surface area contributed by atoms with E-state index in [0.29, 0.717) is 10.6 Å². The molecule has 1 amide bonds. The monoisotopic (exact) mass is 324 g/mol. The highest BCUT2D eigenvalue weighted by Crippen LogP contribution is 2.30. The summed E-state index contributed by atoms with van der Waals surface area (Å²) in [6.45, 7) is 0.184. The lowest BCUT2D eigenvalue weighted by Gasteiger charge is -2.19. The number of amides is 1.